The van der Waals surface area contributed by atoms with Crippen LogP contribution in [0.15, 0.2) is 6.07 Å². The number of piperidine rings is 1. The molecule has 0 bridgehead atoms. The van der Waals surface area contributed by atoms with Crippen molar-refractivity contribution in [3.05, 3.63) is 37.4 Å². The third-order valence-corrected chi connectivity index (χ3v) is 4.23. The Morgan fingerprint density at radius 3 is 2.35 bits per heavy atom. The summed E-state index contributed by atoms with van der Waals surface area (Å²) in [7, 11) is 0. The second-order valence-electron chi connectivity index (χ2n) is 5.78. The Labute approximate surface area is 134 Å². The first-order valence-corrected chi connectivity index (χ1v) is 7.70. The molecular formula is C15H21N3O5. The Hall–Kier alpha value is -2.22. The zero-order valence-electron chi connectivity index (χ0n) is 13.4. The summed E-state index contributed by atoms with van der Waals surface area (Å²) in [4.78, 5) is 23.5. The predicted octanol–water partition coefficient (Wildman–Crippen LogP) is 2.98. The van der Waals surface area contributed by atoms with Crippen molar-refractivity contribution in [2.24, 2.45) is 0 Å². The quantitative estimate of drug-likeness (QED) is 0.589. The van der Waals surface area contributed by atoms with Gasteiger partial charge in [0.25, 0.3) is 5.75 Å². The van der Waals surface area contributed by atoms with E-state index >= 15 is 0 Å². The van der Waals surface area contributed by atoms with E-state index in [1.807, 2.05) is 0 Å². The summed E-state index contributed by atoms with van der Waals surface area (Å²) < 4.78 is 5.50. The summed E-state index contributed by atoms with van der Waals surface area (Å²) in [6.07, 6.45) is 3.47. The molecule has 1 saturated heterocycles. The molecule has 1 heterocycles. The highest BCUT2D eigenvalue weighted by Crippen LogP contribution is 2.41. The monoisotopic (exact) mass is 323 g/mol. The van der Waals surface area contributed by atoms with Gasteiger partial charge < -0.3 is 4.74 Å². The van der Waals surface area contributed by atoms with E-state index in [1.54, 1.807) is 13.8 Å². The van der Waals surface area contributed by atoms with Crippen LogP contribution in [-0.4, -0.2) is 41.0 Å². The van der Waals surface area contributed by atoms with E-state index in [4.69, 9.17) is 4.74 Å². The van der Waals surface area contributed by atoms with Crippen molar-refractivity contribution in [2.45, 2.75) is 33.1 Å². The van der Waals surface area contributed by atoms with Crippen LogP contribution in [0.4, 0.5) is 11.4 Å². The Balaban J connectivity index is 2.22. The molecule has 0 radical (unpaired) electrons. The number of hydrogen-bond acceptors (Lipinski definition) is 6. The molecular weight excluding hydrogens is 302 g/mol. The number of aryl methyl sites for hydroxylation is 1. The number of rotatable bonds is 6. The first-order chi connectivity index (χ1) is 10.9. The molecule has 0 aliphatic carbocycles. The fourth-order valence-electron chi connectivity index (χ4n) is 2.81. The van der Waals surface area contributed by atoms with Gasteiger partial charge in [-0.05, 0) is 45.3 Å². The normalized spacial score (nSPS) is 15.4. The van der Waals surface area contributed by atoms with Crippen molar-refractivity contribution < 1.29 is 14.6 Å². The van der Waals surface area contributed by atoms with Gasteiger partial charge in [0.1, 0.15) is 6.61 Å². The molecule has 0 N–H and O–H groups in total. The molecule has 2 rings (SSSR count). The SMILES string of the molecule is Cc1cc([N+](=O)[O-])c(OCCN2CCCCC2)c([N+](=O)[O-])c1C. The topological polar surface area (TPSA) is 98.8 Å². The number of nitrogens with zero attached hydrogens (tertiary/aromatic N) is 3. The van der Waals surface area contributed by atoms with Crippen LogP contribution in [0.5, 0.6) is 5.75 Å². The van der Waals surface area contributed by atoms with E-state index in [-0.39, 0.29) is 23.7 Å². The average molecular weight is 323 g/mol. The Morgan fingerprint density at radius 2 is 1.78 bits per heavy atom. The number of benzene rings is 1. The Kier molecular flexibility index (Phi) is 5.49. The number of nitro benzene ring substituents is 2. The van der Waals surface area contributed by atoms with Crippen molar-refractivity contribution >= 4 is 11.4 Å². The number of nitro groups is 2. The van der Waals surface area contributed by atoms with Gasteiger partial charge in [-0.25, -0.2) is 0 Å². The molecule has 1 aromatic carbocycles. The summed E-state index contributed by atoms with van der Waals surface area (Å²) in [5.41, 5.74) is 0.245. The third-order valence-electron chi connectivity index (χ3n) is 4.23. The smallest absolute Gasteiger partial charge is 0.321 e. The van der Waals surface area contributed by atoms with Crippen molar-refractivity contribution in [2.75, 3.05) is 26.2 Å². The summed E-state index contributed by atoms with van der Waals surface area (Å²) in [6, 6.07) is 1.33. The molecule has 1 aliphatic rings. The minimum absolute atomic E-state index is 0.199. The second kappa shape index (κ2) is 7.36. The van der Waals surface area contributed by atoms with Gasteiger partial charge in [0.05, 0.1) is 9.85 Å². The lowest BCUT2D eigenvalue weighted by Gasteiger charge is -2.26. The van der Waals surface area contributed by atoms with E-state index in [9.17, 15) is 20.2 Å². The molecule has 126 valence electrons. The zero-order chi connectivity index (χ0) is 17.0. The van der Waals surface area contributed by atoms with Gasteiger partial charge in [-0.1, -0.05) is 6.42 Å². The van der Waals surface area contributed by atoms with Gasteiger partial charge in [0, 0.05) is 18.2 Å². The lowest BCUT2D eigenvalue weighted by Crippen LogP contribution is -2.33. The first kappa shape index (κ1) is 17.1. The van der Waals surface area contributed by atoms with E-state index in [2.05, 4.69) is 4.90 Å². The van der Waals surface area contributed by atoms with E-state index in [0.29, 0.717) is 17.7 Å². The molecule has 1 aliphatic heterocycles. The molecule has 0 saturated carbocycles. The van der Waals surface area contributed by atoms with Crippen molar-refractivity contribution in [3.63, 3.8) is 0 Å². The average Bonchev–Trinajstić information content (AvgIpc) is 2.51. The molecule has 0 spiro atoms. The molecule has 23 heavy (non-hydrogen) atoms. The predicted molar refractivity (Wildman–Crippen MR) is 85.0 cm³/mol. The lowest BCUT2D eigenvalue weighted by atomic mass is 10.1. The van der Waals surface area contributed by atoms with Crippen LogP contribution in [0, 0.1) is 34.1 Å². The maximum Gasteiger partial charge on any atom is 0.321 e. The van der Waals surface area contributed by atoms with Crippen LogP contribution in [-0.2, 0) is 0 Å². The highest BCUT2D eigenvalue weighted by atomic mass is 16.6. The maximum atomic E-state index is 11.3. The fourth-order valence-corrected chi connectivity index (χ4v) is 2.81. The number of hydrogen-bond donors (Lipinski definition) is 0. The standard InChI is InChI=1S/C15H21N3O5/c1-11-10-13(17(19)20)15(14(12(11)2)18(21)22)23-9-8-16-6-4-3-5-7-16/h10H,3-9H2,1-2H3. The number of likely N-dealkylation sites (tertiary alicyclic amines) is 1. The zero-order valence-corrected chi connectivity index (χ0v) is 13.4. The summed E-state index contributed by atoms with van der Waals surface area (Å²) >= 11 is 0. The largest absolute Gasteiger partial charge is 0.481 e. The highest BCUT2D eigenvalue weighted by Gasteiger charge is 2.31. The maximum absolute atomic E-state index is 11.3. The summed E-state index contributed by atoms with van der Waals surface area (Å²) in [5, 5.41) is 22.5. The fraction of sp³-hybridized carbons (Fsp3) is 0.600. The van der Waals surface area contributed by atoms with Crippen LogP contribution in [0.1, 0.15) is 30.4 Å². The molecule has 0 amide bonds. The van der Waals surface area contributed by atoms with E-state index in [1.165, 1.54) is 12.5 Å². The first-order valence-electron chi connectivity index (χ1n) is 7.70. The van der Waals surface area contributed by atoms with E-state index < -0.39 is 9.85 Å². The lowest BCUT2D eigenvalue weighted by molar-refractivity contribution is -0.396. The molecule has 8 heteroatoms. The van der Waals surface area contributed by atoms with Gasteiger partial charge in [-0.15, -0.1) is 0 Å². The van der Waals surface area contributed by atoms with Crippen LogP contribution in [0.25, 0.3) is 0 Å². The summed E-state index contributed by atoms with van der Waals surface area (Å²) in [5.74, 6) is -0.236. The van der Waals surface area contributed by atoms with Gasteiger partial charge >= 0.3 is 11.4 Å². The van der Waals surface area contributed by atoms with Gasteiger partial charge in [0.2, 0.25) is 0 Å². The molecule has 0 atom stereocenters. The minimum Gasteiger partial charge on any atom is -0.481 e. The third kappa shape index (κ3) is 3.95. The van der Waals surface area contributed by atoms with Gasteiger partial charge in [-0.2, -0.15) is 0 Å². The van der Waals surface area contributed by atoms with Crippen molar-refractivity contribution in [1.82, 2.24) is 4.90 Å². The van der Waals surface area contributed by atoms with Crippen LogP contribution in [0.3, 0.4) is 0 Å². The second-order valence-corrected chi connectivity index (χ2v) is 5.78. The van der Waals surface area contributed by atoms with Crippen LogP contribution < -0.4 is 4.74 Å². The van der Waals surface area contributed by atoms with Crippen molar-refractivity contribution in [3.8, 4) is 5.75 Å². The Morgan fingerprint density at radius 1 is 1.13 bits per heavy atom. The van der Waals surface area contributed by atoms with Gasteiger partial charge in [-0.3, -0.25) is 25.1 Å². The highest BCUT2D eigenvalue weighted by molar-refractivity contribution is 5.66. The molecule has 0 unspecified atom stereocenters. The molecule has 0 aromatic heterocycles. The molecule has 1 fully saturated rings. The van der Waals surface area contributed by atoms with Gasteiger partial charge in [0.15, 0.2) is 0 Å². The molecule has 1 aromatic rings. The summed E-state index contributed by atoms with van der Waals surface area (Å²) in [6.45, 7) is 5.95. The minimum atomic E-state index is -0.629. The van der Waals surface area contributed by atoms with Crippen LogP contribution in [0.2, 0.25) is 0 Å². The Bertz CT molecular complexity index is 612. The van der Waals surface area contributed by atoms with Crippen LogP contribution >= 0.6 is 0 Å². The number of ether oxygens (including phenoxy) is 1. The van der Waals surface area contributed by atoms with Crippen molar-refractivity contribution in [1.29, 1.82) is 0 Å². The van der Waals surface area contributed by atoms with E-state index in [0.717, 1.165) is 25.9 Å². The molecule has 8 nitrogen and oxygen atoms in total.